The Labute approximate surface area is 117 Å². The third-order valence-corrected chi connectivity index (χ3v) is 3.50. The van der Waals surface area contributed by atoms with Gasteiger partial charge in [-0.25, -0.2) is 0 Å². The van der Waals surface area contributed by atoms with Crippen LogP contribution < -0.4 is 4.74 Å². The number of aryl methyl sites for hydroxylation is 1. The Morgan fingerprint density at radius 3 is 2.45 bits per heavy atom. The van der Waals surface area contributed by atoms with Crippen molar-refractivity contribution < 1.29 is 9.53 Å². The van der Waals surface area contributed by atoms with Gasteiger partial charge >= 0.3 is 0 Å². The number of carbonyl (C=O) groups is 1. The third-order valence-electron chi connectivity index (χ3n) is 3.50. The lowest BCUT2D eigenvalue weighted by atomic mass is 10.1. The SMILES string of the molecule is COc1c(C)c2ccccn2c1C(=O)c1ccccc1. The summed E-state index contributed by atoms with van der Waals surface area (Å²) in [5.74, 6) is 0.613. The zero-order valence-corrected chi connectivity index (χ0v) is 11.5. The molecule has 2 heterocycles. The van der Waals surface area contributed by atoms with E-state index in [-0.39, 0.29) is 5.78 Å². The summed E-state index contributed by atoms with van der Waals surface area (Å²) in [5, 5.41) is 0. The summed E-state index contributed by atoms with van der Waals surface area (Å²) in [6.07, 6.45) is 1.89. The predicted octanol–water partition coefficient (Wildman–Crippen LogP) is 3.49. The number of fused-ring (bicyclic) bond motifs is 1. The molecule has 0 N–H and O–H groups in total. The number of pyridine rings is 1. The number of ketones is 1. The minimum atomic E-state index is -0.0308. The maximum atomic E-state index is 12.8. The standard InChI is InChI=1S/C17H15NO2/c1-12-14-10-6-7-11-18(14)15(17(12)20-2)16(19)13-8-4-3-5-9-13/h3-11H,1-2H3. The number of ether oxygens (including phenoxy) is 1. The fourth-order valence-electron chi connectivity index (χ4n) is 2.54. The minimum Gasteiger partial charge on any atom is -0.494 e. The second-order valence-electron chi connectivity index (χ2n) is 4.66. The smallest absolute Gasteiger partial charge is 0.213 e. The highest BCUT2D eigenvalue weighted by Crippen LogP contribution is 2.31. The van der Waals surface area contributed by atoms with E-state index >= 15 is 0 Å². The summed E-state index contributed by atoms with van der Waals surface area (Å²) in [7, 11) is 1.60. The number of hydrogen-bond donors (Lipinski definition) is 0. The molecule has 0 atom stereocenters. The summed E-state index contributed by atoms with van der Waals surface area (Å²) in [4.78, 5) is 12.8. The Kier molecular flexibility index (Phi) is 3.03. The van der Waals surface area contributed by atoms with Crippen LogP contribution in [-0.4, -0.2) is 17.3 Å². The van der Waals surface area contributed by atoms with E-state index in [1.807, 2.05) is 66.1 Å². The van der Waals surface area contributed by atoms with Crippen molar-refractivity contribution in [2.75, 3.05) is 7.11 Å². The molecule has 0 aliphatic carbocycles. The first-order valence-corrected chi connectivity index (χ1v) is 6.47. The molecule has 0 amide bonds. The Balaban J connectivity index is 2.28. The van der Waals surface area contributed by atoms with Crippen LogP contribution in [0.4, 0.5) is 0 Å². The fourth-order valence-corrected chi connectivity index (χ4v) is 2.54. The molecule has 0 fully saturated rings. The van der Waals surface area contributed by atoms with Crippen LogP contribution in [0.5, 0.6) is 5.75 Å². The van der Waals surface area contributed by atoms with Gasteiger partial charge in [-0.15, -0.1) is 0 Å². The number of carbonyl (C=O) groups excluding carboxylic acids is 1. The lowest BCUT2D eigenvalue weighted by Gasteiger charge is -2.05. The average molecular weight is 265 g/mol. The van der Waals surface area contributed by atoms with Crippen molar-refractivity contribution in [3.05, 3.63) is 71.5 Å². The van der Waals surface area contributed by atoms with E-state index in [9.17, 15) is 4.79 Å². The van der Waals surface area contributed by atoms with Crippen LogP contribution >= 0.6 is 0 Å². The number of benzene rings is 1. The molecule has 100 valence electrons. The molecule has 2 aromatic heterocycles. The van der Waals surface area contributed by atoms with Gasteiger partial charge in [0.2, 0.25) is 5.78 Å². The second kappa shape index (κ2) is 4.85. The van der Waals surface area contributed by atoms with Crippen LogP contribution in [0.1, 0.15) is 21.6 Å². The highest BCUT2D eigenvalue weighted by atomic mass is 16.5. The van der Waals surface area contributed by atoms with Crippen LogP contribution in [0, 0.1) is 6.92 Å². The molecular weight excluding hydrogens is 250 g/mol. The van der Waals surface area contributed by atoms with E-state index in [0.717, 1.165) is 11.1 Å². The molecule has 3 nitrogen and oxygen atoms in total. The monoisotopic (exact) mass is 265 g/mol. The van der Waals surface area contributed by atoms with Gasteiger partial charge < -0.3 is 9.14 Å². The van der Waals surface area contributed by atoms with E-state index in [1.54, 1.807) is 7.11 Å². The molecule has 1 aromatic carbocycles. The first-order valence-electron chi connectivity index (χ1n) is 6.47. The largest absolute Gasteiger partial charge is 0.494 e. The lowest BCUT2D eigenvalue weighted by Crippen LogP contribution is -2.06. The first-order chi connectivity index (χ1) is 9.74. The molecule has 20 heavy (non-hydrogen) atoms. The van der Waals surface area contributed by atoms with Gasteiger partial charge in [0.25, 0.3) is 0 Å². The number of nitrogens with zero attached hydrogens (tertiary/aromatic N) is 1. The van der Waals surface area contributed by atoms with Gasteiger partial charge in [-0.3, -0.25) is 4.79 Å². The van der Waals surface area contributed by atoms with E-state index in [0.29, 0.717) is 17.0 Å². The Morgan fingerprint density at radius 1 is 1.05 bits per heavy atom. The normalized spacial score (nSPS) is 10.7. The molecule has 0 aliphatic heterocycles. The van der Waals surface area contributed by atoms with E-state index < -0.39 is 0 Å². The molecule has 0 saturated carbocycles. The van der Waals surface area contributed by atoms with Gasteiger partial charge in [-0.1, -0.05) is 36.4 Å². The highest BCUT2D eigenvalue weighted by molar-refractivity contribution is 6.11. The third kappa shape index (κ3) is 1.79. The number of methoxy groups -OCH3 is 1. The van der Waals surface area contributed by atoms with Gasteiger partial charge in [-0.2, -0.15) is 0 Å². The Morgan fingerprint density at radius 2 is 1.75 bits per heavy atom. The van der Waals surface area contributed by atoms with Crippen LogP contribution in [-0.2, 0) is 0 Å². The summed E-state index contributed by atoms with van der Waals surface area (Å²) >= 11 is 0. The van der Waals surface area contributed by atoms with Crippen LogP contribution in [0.3, 0.4) is 0 Å². The van der Waals surface area contributed by atoms with Crippen molar-refractivity contribution in [1.29, 1.82) is 0 Å². The molecule has 0 bridgehead atoms. The number of rotatable bonds is 3. The second-order valence-corrected chi connectivity index (χ2v) is 4.66. The van der Waals surface area contributed by atoms with E-state index in [4.69, 9.17) is 4.74 Å². The topological polar surface area (TPSA) is 30.7 Å². The summed E-state index contributed by atoms with van der Waals surface area (Å²) < 4.78 is 7.35. The Bertz CT molecular complexity index is 772. The summed E-state index contributed by atoms with van der Waals surface area (Å²) in [6.45, 7) is 1.97. The van der Waals surface area contributed by atoms with Crippen LogP contribution in [0.2, 0.25) is 0 Å². The fraction of sp³-hybridized carbons (Fsp3) is 0.118. The molecule has 3 rings (SSSR count). The van der Waals surface area contributed by atoms with Crippen molar-refractivity contribution in [2.24, 2.45) is 0 Å². The first kappa shape index (κ1) is 12.5. The summed E-state index contributed by atoms with van der Waals surface area (Å²) in [6, 6.07) is 15.1. The molecule has 3 heteroatoms. The van der Waals surface area contributed by atoms with Gasteiger partial charge in [0.05, 0.1) is 12.6 Å². The van der Waals surface area contributed by atoms with Gasteiger partial charge in [0.15, 0.2) is 5.75 Å². The van der Waals surface area contributed by atoms with Gasteiger partial charge in [0, 0.05) is 17.3 Å². The van der Waals surface area contributed by atoms with Crippen molar-refractivity contribution >= 4 is 11.3 Å². The molecular formula is C17H15NO2. The maximum absolute atomic E-state index is 12.8. The molecule has 0 saturated heterocycles. The quantitative estimate of drug-likeness (QED) is 0.679. The average Bonchev–Trinajstić information content (AvgIpc) is 2.80. The lowest BCUT2D eigenvalue weighted by molar-refractivity contribution is 0.103. The highest BCUT2D eigenvalue weighted by Gasteiger charge is 2.22. The molecule has 0 unspecified atom stereocenters. The minimum absolute atomic E-state index is 0.0308. The van der Waals surface area contributed by atoms with Crippen molar-refractivity contribution in [3.8, 4) is 5.75 Å². The van der Waals surface area contributed by atoms with Crippen molar-refractivity contribution in [3.63, 3.8) is 0 Å². The Hall–Kier alpha value is -2.55. The molecule has 0 radical (unpaired) electrons. The number of aromatic nitrogens is 1. The van der Waals surface area contributed by atoms with Crippen LogP contribution in [0.25, 0.3) is 5.52 Å². The van der Waals surface area contributed by atoms with Crippen molar-refractivity contribution in [2.45, 2.75) is 6.92 Å². The van der Waals surface area contributed by atoms with E-state index in [2.05, 4.69) is 0 Å². The zero-order chi connectivity index (χ0) is 14.1. The van der Waals surface area contributed by atoms with Gasteiger partial charge in [-0.05, 0) is 19.1 Å². The molecule has 0 spiro atoms. The molecule has 0 aliphatic rings. The molecule has 3 aromatic rings. The van der Waals surface area contributed by atoms with Crippen LogP contribution in [0.15, 0.2) is 54.7 Å². The van der Waals surface area contributed by atoms with Crippen molar-refractivity contribution in [1.82, 2.24) is 4.40 Å². The maximum Gasteiger partial charge on any atom is 0.213 e. The predicted molar refractivity (Wildman–Crippen MR) is 78.6 cm³/mol. The number of hydrogen-bond acceptors (Lipinski definition) is 2. The van der Waals surface area contributed by atoms with Gasteiger partial charge in [0.1, 0.15) is 5.69 Å². The van der Waals surface area contributed by atoms with E-state index in [1.165, 1.54) is 0 Å². The summed E-state index contributed by atoms with van der Waals surface area (Å²) in [5.41, 5.74) is 3.21. The zero-order valence-electron chi connectivity index (χ0n) is 11.5.